The number of nitrogens with two attached hydrogens (primary N) is 1. The molecule has 9 nitrogen and oxygen atoms in total. The number of amides is 1. The van der Waals surface area contributed by atoms with E-state index in [1.54, 1.807) is 24.7 Å². The van der Waals surface area contributed by atoms with Crippen molar-refractivity contribution < 1.29 is 4.79 Å². The number of hydrazone groups is 1. The molecule has 3 N–H and O–H groups in total. The van der Waals surface area contributed by atoms with Crippen LogP contribution >= 0.6 is 0 Å². The molecule has 0 saturated carbocycles. The molecule has 3 heterocycles. The van der Waals surface area contributed by atoms with E-state index in [1.807, 2.05) is 34.9 Å². The fraction of sp³-hybridized carbons (Fsp3) is 0. The number of fused-ring (bicyclic) bond motifs is 1. The maximum Gasteiger partial charge on any atom is 0.272 e. The topological polar surface area (TPSA) is 124 Å². The Hall–Kier alpha value is -4.14. The second-order valence-electron chi connectivity index (χ2n) is 5.52. The van der Waals surface area contributed by atoms with E-state index >= 15 is 0 Å². The second-order valence-corrected chi connectivity index (χ2v) is 5.52. The molecule has 0 unspecified atom stereocenters. The van der Waals surface area contributed by atoms with Gasteiger partial charge in [-0.25, -0.2) is 20.4 Å². The van der Waals surface area contributed by atoms with Crippen molar-refractivity contribution in [2.45, 2.75) is 0 Å². The van der Waals surface area contributed by atoms with E-state index in [0.717, 1.165) is 5.69 Å². The molecule has 4 aromatic rings. The average Bonchev–Trinajstić information content (AvgIpc) is 3.17. The molecule has 0 bridgehead atoms. The summed E-state index contributed by atoms with van der Waals surface area (Å²) in [5.74, 6) is -0.399. The Balaban J connectivity index is 1.65. The molecule has 0 aliphatic heterocycles. The van der Waals surface area contributed by atoms with Gasteiger partial charge >= 0.3 is 0 Å². The molecule has 0 spiro atoms. The molecule has 9 heteroatoms. The van der Waals surface area contributed by atoms with Crippen LogP contribution in [0.3, 0.4) is 0 Å². The molecule has 0 atom stereocenters. The maximum atomic E-state index is 12.1. The molecule has 1 amide bonds. The molecule has 0 fully saturated rings. The fourth-order valence-corrected chi connectivity index (χ4v) is 2.53. The zero-order valence-corrected chi connectivity index (χ0v) is 14.0. The van der Waals surface area contributed by atoms with Crippen molar-refractivity contribution in [3.05, 3.63) is 78.8 Å². The fourth-order valence-electron chi connectivity index (χ4n) is 2.53. The minimum absolute atomic E-state index is 0.0259. The second kappa shape index (κ2) is 7.00. The molecule has 3 aromatic heterocycles. The first-order valence-electron chi connectivity index (χ1n) is 8.01. The van der Waals surface area contributed by atoms with Gasteiger partial charge in [0.1, 0.15) is 23.9 Å². The summed E-state index contributed by atoms with van der Waals surface area (Å²) in [4.78, 5) is 28.8. The number of rotatable bonds is 4. The van der Waals surface area contributed by atoms with Crippen molar-refractivity contribution >= 4 is 22.9 Å². The summed E-state index contributed by atoms with van der Waals surface area (Å²) in [6.07, 6.45) is 6.03. The van der Waals surface area contributed by atoms with Crippen LogP contribution < -0.4 is 11.2 Å². The Morgan fingerprint density at radius 1 is 1.07 bits per heavy atom. The third-order valence-corrected chi connectivity index (χ3v) is 3.81. The number of hydrogen-bond donors (Lipinski definition) is 2. The number of aromatic nitrogens is 5. The molecule has 132 valence electrons. The number of benzene rings is 1. The highest BCUT2D eigenvalue weighted by Crippen LogP contribution is 2.17. The summed E-state index contributed by atoms with van der Waals surface area (Å²) in [6, 6.07) is 12.9. The lowest BCUT2D eigenvalue weighted by Gasteiger charge is -2.04. The first-order chi connectivity index (χ1) is 13.2. The molecule has 0 radical (unpaired) electrons. The van der Waals surface area contributed by atoms with E-state index in [9.17, 15) is 4.79 Å². The third kappa shape index (κ3) is 3.21. The van der Waals surface area contributed by atoms with Gasteiger partial charge in [-0.3, -0.25) is 14.3 Å². The van der Waals surface area contributed by atoms with Gasteiger partial charge in [0.2, 0.25) is 0 Å². The van der Waals surface area contributed by atoms with E-state index in [2.05, 4.69) is 30.5 Å². The van der Waals surface area contributed by atoms with Crippen molar-refractivity contribution in [3.8, 4) is 5.69 Å². The number of pyridine rings is 1. The molecule has 4 rings (SSSR count). The van der Waals surface area contributed by atoms with Gasteiger partial charge in [-0.15, -0.1) is 0 Å². The van der Waals surface area contributed by atoms with Crippen LogP contribution in [0.5, 0.6) is 0 Å². The van der Waals surface area contributed by atoms with Gasteiger partial charge in [0.15, 0.2) is 11.5 Å². The number of amidine groups is 1. The van der Waals surface area contributed by atoms with Crippen LogP contribution in [-0.4, -0.2) is 36.2 Å². The Kier molecular flexibility index (Phi) is 4.24. The predicted molar refractivity (Wildman–Crippen MR) is 99.1 cm³/mol. The Bertz CT molecular complexity index is 1120. The summed E-state index contributed by atoms with van der Waals surface area (Å²) in [5, 5.41) is 3.93. The molecular weight excluding hydrogens is 344 g/mol. The number of hydrogen-bond acceptors (Lipinski definition) is 6. The van der Waals surface area contributed by atoms with Crippen molar-refractivity contribution in [2.24, 2.45) is 10.8 Å². The number of carbonyl (C=O) groups is 1. The molecule has 0 aliphatic carbocycles. The number of imidazole rings is 1. The van der Waals surface area contributed by atoms with Crippen molar-refractivity contribution in [1.82, 2.24) is 29.9 Å². The summed E-state index contributed by atoms with van der Waals surface area (Å²) < 4.78 is 1.82. The van der Waals surface area contributed by atoms with Gasteiger partial charge in [-0.05, 0) is 24.3 Å². The standard InChI is InChI=1S/C18H14N8O/c19-16(24-25-18(27)12-5-4-8-20-9-12)14-15-17(22-10-21-14)26(11-23-15)13-6-2-1-3-7-13/h1-11H,(H2,19,24)(H,25,27). The molecule has 1 aromatic carbocycles. The Morgan fingerprint density at radius 2 is 1.93 bits per heavy atom. The summed E-state index contributed by atoms with van der Waals surface area (Å²) >= 11 is 0. The van der Waals surface area contributed by atoms with Gasteiger partial charge in [-0.2, -0.15) is 5.10 Å². The van der Waals surface area contributed by atoms with Gasteiger partial charge < -0.3 is 5.73 Å². The van der Waals surface area contributed by atoms with E-state index in [0.29, 0.717) is 22.4 Å². The van der Waals surface area contributed by atoms with Crippen LogP contribution in [0.25, 0.3) is 16.9 Å². The zero-order chi connectivity index (χ0) is 18.6. The Labute approximate surface area is 153 Å². The average molecular weight is 358 g/mol. The van der Waals surface area contributed by atoms with E-state index in [-0.39, 0.29) is 5.84 Å². The van der Waals surface area contributed by atoms with Crippen LogP contribution in [0, 0.1) is 0 Å². The first kappa shape index (κ1) is 16.3. The van der Waals surface area contributed by atoms with Crippen molar-refractivity contribution in [2.75, 3.05) is 0 Å². The quantitative estimate of drug-likeness (QED) is 0.321. The van der Waals surface area contributed by atoms with E-state index < -0.39 is 5.91 Å². The van der Waals surface area contributed by atoms with Crippen LogP contribution in [0.15, 0.2) is 72.6 Å². The lowest BCUT2D eigenvalue weighted by atomic mass is 10.3. The predicted octanol–water partition coefficient (Wildman–Crippen LogP) is 1.26. The number of nitrogens with one attached hydrogen (secondary N) is 1. The largest absolute Gasteiger partial charge is 0.380 e. The Morgan fingerprint density at radius 3 is 2.70 bits per heavy atom. The molecule has 0 saturated heterocycles. The monoisotopic (exact) mass is 358 g/mol. The number of carbonyl (C=O) groups excluding carboxylic acids is 1. The highest BCUT2D eigenvalue weighted by atomic mass is 16.2. The van der Waals surface area contributed by atoms with Crippen LogP contribution in [-0.2, 0) is 0 Å². The van der Waals surface area contributed by atoms with Gasteiger partial charge in [-0.1, -0.05) is 18.2 Å². The van der Waals surface area contributed by atoms with E-state index in [4.69, 9.17) is 5.73 Å². The summed E-state index contributed by atoms with van der Waals surface area (Å²) in [7, 11) is 0. The van der Waals surface area contributed by atoms with Gasteiger partial charge in [0.25, 0.3) is 5.91 Å². The summed E-state index contributed by atoms with van der Waals surface area (Å²) in [5.41, 5.74) is 11.1. The summed E-state index contributed by atoms with van der Waals surface area (Å²) in [6.45, 7) is 0. The molecule has 0 aliphatic rings. The first-order valence-corrected chi connectivity index (χ1v) is 8.01. The normalized spacial score (nSPS) is 11.5. The third-order valence-electron chi connectivity index (χ3n) is 3.81. The molecular formula is C18H14N8O. The van der Waals surface area contributed by atoms with Crippen LogP contribution in [0.1, 0.15) is 16.1 Å². The minimum Gasteiger partial charge on any atom is -0.380 e. The minimum atomic E-state index is -0.425. The highest BCUT2D eigenvalue weighted by Gasteiger charge is 2.14. The van der Waals surface area contributed by atoms with Gasteiger partial charge in [0, 0.05) is 18.1 Å². The van der Waals surface area contributed by atoms with E-state index in [1.165, 1.54) is 12.5 Å². The lowest BCUT2D eigenvalue weighted by Crippen LogP contribution is -2.25. The maximum absolute atomic E-state index is 12.1. The smallest absolute Gasteiger partial charge is 0.272 e. The van der Waals surface area contributed by atoms with Crippen molar-refractivity contribution in [1.29, 1.82) is 0 Å². The van der Waals surface area contributed by atoms with Crippen LogP contribution in [0.4, 0.5) is 0 Å². The highest BCUT2D eigenvalue weighted by molar-refractivity contribution is 6.05. The van der Waals surface area contributed by atoms with Gasteiger partial charge in [0.05, 0.1) is 5.56 Å². The zero-order valence-electron chi connectivity index (χ0n) is 14.0. The number of para-hydroxylation sites is 1. The van der Waals surface area contributed by atoms with Crippen LogP contribution in [0.2, 0.25) is 0 Å². The SMILES string of the molecule is N/C(=N\NC(=O)c1cccnc1)c1ncnc2c1ncn2-c1ccccc1. The van der Waals surface area contributed by atoms with Crippen molar-refractivity contribution in [3.63, 3.8) is 0 Å². The lowest BCUT2D eigenvalue weighted by molar-refractivity contribution is 0.0954. The number of nitrogens with zero attached hydrogens (tertiary/aromatic N) is 6. The molecule has 27 heavy (non-hydrogen) atoms.